The number of carboxylic acid groups (broad SMARTS) is 1. The van der Waals surface area contributed by atoms with Crippen molar-refractivity contribution in [3.05, 3.63) is 42.0 Å². The van der Waals surface area contributed by atoms with E-state index in [0.29, 0.717) is 12.0 Å². The number of hydroxylamine groups is 2. The molecule has 1 aromatic rings. The van der Waals surface area contributed by atoms with Gasteiger partial charge in [0.05, 0.1) is 13.0 Å². The fourth-order valence-corrected chi connectivity index (χ4v) is 2.55. The normalized spacial score (nSPS) is 12.4. The molecule has 2 atom stereocenters. The molecule has 0 bridgehead atoms. The number of carbonyl (C=O) groups excluding carboxylic acids is 3. The van der Waals surface area contributed by atoms with Crippen molar-refractivity contribution in [1.82, 2.24) is 10.4 Å². The van der Waals surface area contributed by atoms with Crippen LogP contribution < -0.4 is 5.32 Å². The monoisotopic (exact) mass is 390 g/mol. The minimum absolute atomic E-state index is 0.0364. The van der Waals surface area contributed by atoms with Crippen LogP contribution in [0.3, 0.4) is 0 Å². The van der Waals surface area contributed by atoms with Gasteiger partial charge in [0.1, 0.15) is 17.9 Å². The van der Waals surface area contributed by atoms with E-state index in [0.717, 1.165) is 17.6 Å². The zero-order valence-electron chi connectivity index (χ0n) is 16.1. The number of nitrogens with one attached hydrogen (secondary N) is 1. The molecule has 0 aliphatic carbocycles. The van der Waals surface area contributed by atoms with Gasteiger partial charge < -0.3 is 10.4 Å². The minimum Gasteiger partial charge on any atom is -0.481 e. The van der Waals surface area contributed by atoms with Crippen molar-refractivity contribution in [2.45, 2.75) is 39.2 Å². The first kappa shape index (κ1) is 23.1. The Bertz CT molecular complexity index is 698. The SMILES string of the molecule is CCCCN(OCC)C(=O)C(NC(=O)Cc1ccccc1)[C@H](C=C=O)C(=O)O. The molecule has 0 aromatic heterocycles. The number of carbonyl (C=O) groups is 3. The molecule has 0 radical (unpaired) electrons. The number of hydrogen-bond acceptors (Lipinski definition) is 5. The summed E-state index contributed by atoms with van der Waals surface area (Å²) in [5.74, 6) is -2.85. The molecule has 2 N–H and O–H groups in total. The smallest absolute Gasteiger partial charge is 0.313 e. The van der Waals surface area contributed by atoms with Gasteiger partial charge in [-0.1, -0.05) is 43.7 Å². The number of benzene rings is 1. The van der Waals surface area contributed by atoms with Gasteiger partial charge >= 0.3 is 5.97 Å². The Morgan fingerprint density at radius 3 is 2.46 bits per heavy atom. The summed E-state index contributed by atoms with van der Waals surface area (Å²) in [6.45, 7) is 4.06. The van der Waals surface area contributed by atoms with Crippen molar-refractivity contribution in [2.24, 2.45) is 5.92 Å². The summed E-state index contributed by atoms with van der Waals surface area (Å²) in [5.41, 5.74) is 0.705. The van der Waals surface area contributed by atoms with Crippen molar-refractivity contribution in [3.63, 3.8) is 0 Å². The molecule has 2 amide bonds. The summed E-state index contributed by atoms with van der Waals surface area (Å²) in [4.78, 5) is 53.0. The highest BCUT2D eigenvalue weighted by atomic mass is 16.7. The maximum absolute atomic E-state index is 12.9. The molecule has 0 aliphatic rings. The first-order valence-electron chi connectivity index (χ1n) is 9.15. The lowest BCUT2D eigenvalue weighted by molar-refractivity contribution is -0.189. The fourth-order valence-electron chi connectivity index (χ4n) is 2.55. The first-order chi connectivity index (χ1) is 13.4. The molecule has 0 heterocycles. The zero-order chi connectivity index (χ0) is 20.9. The lowest BCUT2D eigenvalue weighted by atomic mass is 9.98. The fraction of sp³-hybridized carbons (Fsp3) is 0.450. The maximum atomic E-state index is 12.9. The third-order valence-electron chi connectivity index (χ3n) is 3.93. The van der Waals surface area contributed by atoms with E-state index in [4.69, 9.17) is 4.84 Å². The second-order valence-corrected chi connectivity index (χ2v) is 6.07. The average Bonchev–Trinajstić information content (AvgIpc) is 2.68. The van der Waals surface area contributed by atoms with Crippen molar-refractivity contribution < 1.29 is 29.1 Å². The highest BCUT2D eigenvalue weighted by Crippen LogP contribution is 2.12. The Hall–Kier alpha value is -2.96. The van der Waals surface area contributed by atoms with Crippen molar-refractivity contribution in [1.29, 1.82) is 0 Å². The van der Waals surface area contributed by atoms with Gasteiger partial charge in [0.25, 0.3) is 5.91 Å². The highest BCUT2D eigenvalue weighted by Gasteiger charge is 2.37. The van der Waals surface area contributed by atoms with Crippen LogP contribution in [-0.2, 0) is 30.4 Å². The number of hydrogen-bond donors (Lipinski definition) is 2. The lowest BCUT2D eigenvalue weighted by Crippen LogP contribution is -2.54. The first-order valence-corrected chi connectivity index (χ1v) is 9.15. The second kappa shape index (κ2) is 12.4. The van der Waals surface area contributed by atoms with E-state index in [1.54, 1.807) is 37.3 Å². The molecule has 0 fully saturated rings. The number of aliphatic carboxylic acids is 1. The molecule has 0 saturated carbocycles. The van der Waals surface area contributed by atoms with Gasteiger partial charge in [-0.2, -0.15) is 0 Å². The van der Waals surface area contributed by atoms with Crippen molar-refractivity contribution in [2.75, 3.05) is 13.2 Å². The largest absolute Gasteiger partial charge is 0.481 e. The van der Waals surface area contributed by atoms with Gasteiger partial charge in [0.2, 0.25) is 5.91 Å². The zero-order valence-corrected chi connectivity index (χ0v) is 16.1. The molecule has 1 aromatic carbocycles. The number of rotatable bonds is 12. The standard InChI is InChI=1S/C20H26N2O6/c1-3-5-12-22(28-4-2)19(25)18(16(11-13-23)20(26)27)21-17(24)14-15-9-7-6-8-10-15/h6-11,16,18H,3-5,12,14H2,1-2H3,(H,21,24)(H,26,27)/t16-,18?/m0/s1. The van der Waals surface area contributed by atoms with Crippen LogP contribution in [0.15, 0.2) is 36.4 Å². The summed E-state index contributed by atoms with van der Waals surface area (Å²) in [6.07, 6.45) is 2.11. The van der Waals surface area contributed by atoms with Gasteiger partial charge in [-0.25, -0.2) is 9.86 Å². The van der Waals surface area contributed by atoms with Crippen molar-refractivity contribution in [3.8, 4) is 0 Å². The molecule has 28 heavy (non-hydrogen) atoms. The molecule has 0 aliphatic heterocycles. The van der Waals surface area contributed by atoms with Crippen LogP contribution in [0.5, 0.6) is 0 Å². The van der Waals surface area contributed by atoms with E-state index < -0.39 is 29.7 Å². The number of amides is 2. The van der Waals surface area contributed by atoms with Crippen molar-refractivity contribution >= 4 is 23.7 Å². The molecule has 0 spiro atoms. The highest BCUT2D eigenvalue weighted by molar-refractivity contribution is 5.93. The molecule has 8 nitrogen and oxygen atoms in total. The van der Waals surface area contributed by atoms with Gasteiger partial charge in [-0.05, 0) is 18.9 Å². The Morgan fingerprint density at radius 2 is 1.93 bits per heavy atom. The van der Waals surface area contributed by atoms with E-state index in [1.165, 1.54) is 5.94 Å². The van der Waals surface area contributed by atoms with Crippen LogP contribution in [0.1, 0.15) is 32.3 Å². The molecular formula is C20H26N2O6. The van der Waals surface area contributed by atoms with E-state index in [9.17, 15) is 24.3 Å². The third-order valence-corrected chi connectivity index (χ3v) is 3.93. The summed E-state index contributed by atoms with van der Waals surface area (Å²) < 4.78 is 0. The number of nitrogens with zero attached hydrogens (tertiary/aromatic N) is 1. The minimum atomic E-state index is -1.56. The summed E-state index contributed by atoms with van der Waals surface area (Å²) in [5, 5.41) is 12.9. The van der Waals surface area contributed by atoms with Gasteiger partial charge in [-0.3, -0.25) is 19.2 Å². The quantitative estimate of drug-likeness (QED) is 0.412. The van der Waals surface area contributed by atoms with Crippen LogP contribution in [-0.4, -0.2) is 53.1 Å². The molecule has 1 unspecified atom stereocenters. The van der Waals surface area contributed by atoms with Gasteiger partial charge in [0, 0.05) is 12.6 Å². The van der Waals surface area contributed by atoms with Crippen LogP contribution in [0, 0.1) is 5.92 Å². The third kappa shape index (κ3) is 7.34. The van der Waals surface area contributed by atoms with E-state index in [-0.39, 0.29) is 19.6 Å². The Balaban J connectivity index is 3.08. The molecule has 0 saturated heterocycles. The number of carboxylic acids is 1. The van der Waals surface area contributed by atoms with Crippen LogP contribution in [0.4, 0.5) is 0 Å². The summed E-state index contributed by atoms with van der Waals surface area (Å²) in [7, 11) is 0. The Labute approximate surface area is 164 Å². The maximum Gasteiger partial charge on any atom is 0.313 e. The lowest BCUT2D eigenvalue weighted by Gasteiger charge is -2.28. The molecule has 8 heteroatoms. The van der Waals surface area contributed by atoms with Crippen LogP contribution >= 0.6 is 0 Å². The summed E-state index contributed by atoms with van der Waals surface area (Å²) >= 11 is 0. The molecule has 152 valence electrons. The van der Waals surface area contributed by atoms with Gasteiger partial charge in [0.15, 0.2) is 0 Å². The van der Waals surface area contributed by atoms with E-state index in [2.05, 4.69) is 5.32 Å². The van der Waals surface area contributed by atoms with Crippen LogP contribution in [0.2, 0.25) is 0 Å². The predicted molar refractivity (Wildman–Crippen MR) is 102 cm³/mol. The van der Waals surface area contributed by atoms with Gasteiger partial charge in [-0.15, -0.1) is 0 Å². The predicted octanol–water partition coefficient (Wildman–Crippen LogP) is 1.38. The average molecular weight is 390 g/mol. The second-order valence-electron chi connectivity index (χ2n) is 6.07. The molecular weight excluding hydrogens is 364 g/mol. The van der Waals surface area contributed by atoms with E-state index in [1.807, 2.05) is 6.92 Å². The topological polar surface area (TPSA) is 113 Å². The van der Waals surface area contributed by atoms with E-state index >= 15 is 0 Å². The summed E-state index contributed by atoms with van der Waals surface area (Å²) in [6, 6.07) is 7.33. The Morgan fingerprint density at radius 1 is 1.25 bits per heavy atom. The number of unbranched alkanes of at least 4 members (excludes halogenated alkanes) is 1. The molecule has 1 rings (SSSR count). The Kier molecular flexibility index (Phi) is 10.2. The van der Waals surface area contributed by atoms with Crippen LogP contribution in [0.25, 0.3) is 0 Å².